The largest absolute Gasteiger partial charge is 0.453 e. The zero-order valence-electron chi connectivity index (χ0n) is 9.02. The molecule has 2 rings (SSSR count). The molecule has 1 aliphatic heterocycles. The molecule has 1 aliphatic rings. The van der Waals surface area contributed by atoms with Crippen LogP contribution in [0, 0.1) is 0 Å². The summed E-state index contributed by atoms with van der Waals surface area (Å²) in [7, 11) is 3.20. The lowest BCUT2D eigenvalue weighted by Gasteiger charge is -2.20. The van der Waals surface area contributed by atoms with E-state index in [4.69, 9.17) is 10.5 Å². The molecule has 1 unspecified atom stereocenters. The highest BCUT2D eigenvalue weighted by molar-refractivity contribution is 5.70. The molecule has 0 aromatic carbocycles. The van der Waals surface area contributed by atoms with E-state index >= 15 is 0 Å². The van der Waals surface area contributed by atoms with Gasteiger partial charge in [0.15, 0.2) is 5.82 Å². The maximum atomic E-state index is 11.4. The van der Waals surface area contributed by atoms with E-state index in [0.717, 1.165) is 11.3 Å². The number of aromatic nitrogens is 2. The predicted molar refractivity (Wildman–Crippen MR) is 54.0 cm³/mol. The molecule has 0 saturated heterocycles. The molecule has 0 spiro atoms. The SMILES string of the molecule is COC(=O)N1Cc2c(N)nn(C)c2C1C. The smallest absolute Gasteiger partial charge is 0.410 e. The van der Waals surface area contributed by atoms with Crippen molar-refractivity contribution in [2.75, 3.05) is 12.8 Å². The summed E-state index contributed by atoms with van der Waals surface area (Å²) in [5.74, 6) is 0.491. The number of rotatable bonds is 0. The number of hydrogen-bond acceptors (Lipinski definition) is 4. The molecule has 1 amide bonds. The Morgan fingerprint density at radius 1 is 1.67 bits per heavy atom. The normalized spacial score (nSPS) is 19.1. The molecule has 0 bridgehead atoms. The van der Waals surface area contributed by atoms with Crippen LogP contribution in [0.25, 0.3) is 0 Å². The van der Waals surface area contributed by atoms with E-state index in [0.29, 0.717) is 12.4 Å². The third-order valence-electron chi connectivity index (χ3n) is 2.83. The first-order chi connectivity index (χ1) is 7.06. The van der Waals surface area contributed by atoms with Crippen molar-refractivity contribution < 1.29 is 9.53 Å². The fourth-order valence-electron chi connectivity index (χ4n) is 2.08. The number of carbonyl (C=O) groups excluding carboxylic acids is 1. The maximum absolute atomic E-state index is 11.4. The Morgan fingerprint density at radius 2 is 2.33 bits per heavy atom. The number of carbonyl (C=O) groups is 1. The lowest BCUT2D eigenvalue weighted by atomic mass is 10.2. The van der Waals surface area contributed by atoms with Gasteiger partial charge in [-0.25, -0.2) is 4.79 Å². The van der Waals surface area contributed by atoms with Gasteiger partial charge in [0.05, 0.1) is 25.4 Å². The topological polar surface area (TPSA) is 73.4 Å². The van der Waals surface area contributed by atoms with Crippen LogP contribution in [0.15, 0.2) is 0 Å². The van der Waals surface area contributed by atoms with E-state index in [9.17, 15) is 4.79 Å². The number of anilines is 1. The predicted octanol–water partition coefficient (Wildman–Crippen LogP) is 0.645. The van der Waals surface area contributed by atoms with E-state index in [1.165, 1.54) is 7.11 Å². The van der Waals surface area contributed by atoms with E-state index in [1.54, 1.807) is 9.58 Å². The van der Waals surface area contributed by atoms with Crippen LogP contribution in [0.3, 0.4) is 0 Å². The quantitative estimate of drug-likeness (QED) is 0.682. The standard InChI is InChI=1S/C9H14N4O2/c1-5-7-6(8(10)11-12(7)2)4-13(5)9(14)15-3/h5H,4H2,1-3H3,(H2,10,11). The Balaban J connectivity index is 2.37. The van der Waals surface area contributed by atoms with Crippen LogP contribution in [0.5, 0.6) is 0 Å². The second-order valence-corrected chi connectivity index (χ2v) is 3.65. The average Bonchev–Trinajstić information content (AvgIpc) is 2.67. The van der Waals surface area contributed by atoms with Crippen LogP contribution in [0.4, 0.5) is 10.6 Å². The molecule has 6 nitrogen and oxygen atoms in total. The fraction of sp³-hybridized carbons (Fsp3) is 0.556. The number of hydrogen-bond donors (Lipinski definition) is 1. The number of nitrogens with zero attached hydrogens (tertiary/aromatic N) is 3. The van der Waals surface area contributed by atoms with E-state index < -0.39 is 0 Å². The molecule has 1 atom stereocenters. The van der Waals surface area contributed by atoms with Crippen molar-refractivity contribution in [3.8, 4) is 0 Å². The summed E-state index contributed by atoms with van der Waals surface area (Å²) < 4.78 is 6.42. The number of ether oxygens (including phenoxy) is 1. The summed E-state index contributed by atoms with van der Waals surface area (Å²) in [5.41, 5.74) is 7.66. The second kappa shape index (κ2) is 3.15. The van der Waals surface area contributed by atoms with Crippen LogP contribution >= 0.6 is 0 Å². The molecule has 1 aromatic rings. The molecular weight excluding hydrogens is 196 g/mol. The van der Waals surface area contributed by atoms with Gasteiger partial charge in [-0.15, -0.1) is 0 Å². The summed E-state index contributed by atoms with van der Waals surface area (Å²) in [6.07, 6.45) is -0.335. The molecule has 15 heavy (non-hydrogen) atoms. The number of amides is 1. The third kappa shape index (κ3) is 1.25. The molecule has 1 aromatic heterocycles. The minimum atomic E-state index is -0.335. The van der Waals surface area contributed by atoms with Crippen LogP contribution in [-0.2, 0) is 18.3 Å². The summed E-state index contributed by atoms with van der Waals surface area (Å²) in [4.78, 5) is 13.1. The average molecular weight is 210 g/mol. The summed E-state index contributed by atoms with van der Waals surface area (Å²) in [6.45, 7) is 2.41. The molecule has 0 saturated carbocycles. The summed E-state index contributed by atoms with van der Waals surface area (Å²) >= 11 is 0. The number of nitrogen functional groups attached to an aromatic ring is 1. The van der Waals surface area contributed by atoms with Crippen LogP contribution in [0.1, 0.15) is 24.2 Å². The highest BCUT2D eigenvalue weighted by Gasteiger charge is 2.35. The molecule has 2 heterocycles. The van der Waals surface area contributed by atoms with Crippen LogP contribution < -0.4 is 5.73 Å². The molecule has 0 fully saturated rings. The first kappa shape index (κ1) is 9.82. The highest BCUT2D eigenvalue weighted by Crippen LogP contribution is 2.36. The van der Waals surface area contributed by atoms with Crippen molar-refractivity contribution >= 4 is 11.9 Å². The van der Waals surface area contributed by atoms with Gasteiger partial charge in [-0.3, -0.25) is 9.58 Å². The maximum Gasteiger partial charge on any atom is 0.410 e. The van der Waals surface area contributed by atoms with Gasteiger partial charge in [0.25, 0.3) is 0 Å². The minimum Gasteiger partial charge on any atom is -0.453 e. The van der Waals surface area contributed by atoms with Gasteiger partial charge in [-0.1, -0.05) is 0 Å². The van der Waals surface area contributed by atoms with Crippen LogP contribution in [0.2, 0.25) is 0 Å². The van der Waals surface area contributed by atoms with Gasteiger partial charge in [0.2, 0.25) is 0 Å². The Kier molecular flexibility index (Phi) is 2.06. The molecule has 82 valence electrons. The van der Waals surface area contributed by atoms with Gasteiger partial charge < -0.3 is 10.5 Å². The van der Waals surface area contributed by atoms with Crippen molar-refractivity contribution in [3.05, 3.63) is 11.3 Å². The van der Waals surface area contributed by atoms with Crippen molar-refractivity contribution in [1.29, 1.82) is 0 Å². The van der Waals surface area contributed by atoms with Crippen molar-refractivity contribution in [2.45, 2.75) is 19.5 Å². The summed E-state index contributed by atoms with van der Waals surface area (Å²) in [5, 5.41) is 4.12. The van der Waals surface area contributed by atoms with Gasteiger partial charge in [0, 0.05) is 12.6 Å². The second-order valence-electron chi connectivity index (χ2n) is 3.65. The summed E-state index contributed by atoms with van der Waals surface area (Å²) in [6, 6.07) is -0.0396. The van der Waals surface area contributed by atoms with Gasteiger partial charge in [-0.05, 0) is 6.92 Å². The van der Waals surface area contributed by atoms with E-state index in [-0.39, 0.29) is 12.1 Å². The van der Waals surface area contributed by atoms with Gasteiger partial charge in [0.1, 0.15) is 0 Å². The molecular formula is C9H14N4O2. The van der Waals surface area contributed by atoms with E-state index in [2.05, 4.69) is 5.10 Å². The van der Waals surface area contributed by atoms with Crippen LogP contribution in [-0.4, -0.2) is 27.9 Å². The van der Waals surface area contributed by atoms with Crippen molar-refractivity contribution in [1.82, 2.24) is 14.7 Å². The molecule has 0 radical (unpaired) electrons. The fourth-order valence-corrected chi connectivity index (χ4v) is 2.08. The number of methoxy groups -OCH3 is 1. The Bertz CT molecular complexity index is 412. The zero-order chi connectivity index (χ0) is 11.2. The van der Waals surface area contributed by atoms with Crippen molar-refractivity contribution in [3.63, 3.8) is 0 Å². The van der Waals surface area contributed by atoms with Gasteiger partial charge >= 0.3 is 6.09 Å². The molecule has 6 heteroatoms. The lowest BCUT2D eigenvalue weighted by Crippen LogP contribution is -2.29. The highest BCUT2D eigenvalue weighted by atomic mass is 16.5. The third-order valence-corrected chi connectivity index (χ3v) is 2.83. The lowest BCUT2D eigenvalue weighted by molar-refractivity contribution is 0.110. The first-order valence-corrected chi connectivity index (χ1v) is 4.72. The van der Waals surface area contributed by atoms with Crippen molar-refractivity contribution in [2.24, 2.45) is 7.05 Å². The Hall–Kier alpha value is -1.72. The minimum absolute atomic E-state index is 0.0396. The zero-order valence-corrected chi connectivity index (χ0v) is 9.02. The Morgan fingerprint density at radius 3 is 2.87 bits per heavy atom. The Labute approximate surface area is 87.6 Å². The number of fused-ring (bicyclic) bond motifs is 1. The first-order valence-electron chi connectivity index (χ1n) is 4.72. The van der Waals surface area contributed by atoms with Gasteiger partial charge in [-0.2, -0.15) is 5.10 Å². The number of nitrogens with two attached hydrogens (primary N) is 1. The molecule has 2 N–H and O–H groups in total. The molecule has 0 aliphatic carbocycles. The number of aryl methyl sites for hydroxylation is 1. The van der Waals surface area contributed by atoms with E-state index in [1.807, 2.05) is 14.0 Å². The monoisotopic (exact) mass is 210 g/mol.